The molecule has 0 aromatic rings. The van der Waals surface area contributed by atoms with E-state index in [0.717, 1.165) is 0 Å². The molecule has 0 aromatic heterocycles. The second kappa shape index (κ2) is 9.96. The fourth-order valence-electron chi connectivity index (χ4n) is 1.39. The highest BCUT2D eigenvalue weighted by molar-refractivity contribution is 5.83. The normalized spacial score (nSPS) is 29.0. The Balaban J connectivity index is 0.000000343. The lowest BCUT2D eigenvalue weighted by molar-refractivity contribution is -0.140. The van der Waals surface area contributed by atoms with Crippen LogP contribution >= 0.6 is 0 Å². The first-order valence-corrected chi connectivity index (χ1v) is 7.80. The van der Waals surface area contributed by atoms with E-state index < -0.39 is 24.2 Å². The molecule has 0 unspecified atom stereocenters. The number of aliphatic hydroxyl groups is 1. The molecule has 2 rings (SSSR count). The van der Waals surface area contributed by atoms with Gasteiger partial charge >= 0.3 is 18.2 Å². The molecule has 0 saturated carbocycles. The van der Waals surface area contributed by atoms with Gasteiger partial charge in [0.1, 0.15) is 12.2 Å². The van der Waals surface area contributed by atoms with E-state index in [1.807, 2.05) is 27.7 Å². The van der Waals surface area contributed by atoms with Crippen LogP contribution in [0.3, 0.4) is 0 Å². The number of carboxylic acid groups (broad SMARTS) is 1. The molecule has 0 radical (unpaired) electrons. The Bertz CT molecular complexity index is 422. The number of carbonyl (C=O) groups is 3. The van der Waals surface area contributed by atoms with Crippen LogP contribution in [0.5, 0.6) is 0 Å². The highest BCUT2D eigenvalue weighted by atomic mass is 16.6. The Morgan fingerprint density at radius 1 is 1.00 bits per heavy atom. The van der Waals surface area contributed by atoms with E-state index in [9.17, 15) is 14.4 Å². The molecule has 5 atom stereocenters. The second-order valence-corrected chi connectivity index (χ2v) is 6.10. The van der Waals surface area contributed by atoms with E-state index in [1.54, 1.807) is 6.92 Å². The molecule has 2 aliphatic heterocycles. The minimum Gasteiger partial charge on any atom is -0.480 e. The van der Waals surface area contributed by atoms with Gasteiger partial charge < -0.3 is 30.3 Å². The van der Waals surface area contributed by atoms with Crippen LogP contribution in [0.2, 0.25) is 0 Å². The van der Waals surface area contributed by atoms with Gasteiger partial charge in [0.15, 0.2) is 6.04 Å². The number of nitrogens with one attached hydrogen (secondary N) is 2. The summed E-state index contributed by atoms with van der Waals surface area (Å²) in [6.45, 7) is 11.1. The van der Waals surface area contributed by atoms with Gasteiger partial charge in [0.05, 0.1) is 12.1 Å². The number of rotatable bonds is 2. The number of aliphatic carboxylic acids is 1. The van der Waals surface area contributed by atoms with Crippen molar-refractivity contribution in [3.05, 3.63) is 0 Å². The van der Waals surface area contributed by atoms with E-state index >= 15 is 0 Å². The van der Waals surface area contributed by atoms with E-state index in [0.29, 0.717) is 5.92 Å². The molecular formula is C15H28N2O7. The highest BCUT2D eigenvalue weighted by Crippen LogP contribution is 2.07. The van der Waals surface area contributed by atoms with E-state index in [2.05, 4.69) is 15.4 Å². The largest absolute Gasteiger partial charge is 0.480 e. The molecule has 0 bridgehead atoms. The maximum absolute atomic E-state index is 10.4. The van der Waals surface area contributed by atoms with Crippen LogP contribution in [-0.2, 0) is 14.3 Å². The minimum atomic E-state index is -1.07. The van der Waals surface area contributed by atoms with Crippen LogP contribution < -0.4 is 10.6 Å². The van der Waals surface area contributed by atoms with Gasteiger partial charge in [-0.1, -0.05) is 13.8 Å². The van der Waals surface area contributed by atoms with Gasteiger partial charge in [-0.2, -0.15) is 0 Å². The molecule has 9 nitrogen and oxygen atoms in total. The molecule has 4 N–H and O–H groups in total. The lowest BCUT2D eigenvalue weighted by atomic mass is 10.1. The summed E-state index contributed by atoms with van der Waals surface area (Å²) in [6, 6.07) is -0.727. The lowest BCUT2D eigenvalue weighted by Gasteiger charge is -2.04. The number of carboxylic acids is 1. The third-order valence-electron chi connectivity index (χ3n) is 3.61. The number of carbonyl (C=O) groups excluding carboxylic acids is 2. The van der Waals surface area contributed by atoms with Crippen LogP contribution in [0.4, 0.5) is 9.59 Å². The number of alkyl carbamates (subject to hydrolysis) is 2. The Kier molecular flexibility index (Phi) is 9.12. The highest BCUT2D eigenvalue weighted by Gasteiger charge is 2.35. The summed E-state index contributed by atoms with van der Waals surface area (Å²) in [6.07, 6.45) is -1.66. The van der Waals surface area contributed by atoms with Crippen molar-refractivity contribution in [1.29, 1.82) is 0 Å². The summed E-state index contributed by atoms with van der Waals surface area (Å²) < 4.78 is 9.23. The van der Waals surface area contributed by atoms with Gasteiger partial charge in [0.25, 0.3) is 0 Å². The van der Waals surface area contributed by atoms with Gasteiger partial charge in [0, 0.05) is 0 Å². The molecule has 2 heterocycles. The van der Waals surface area contributed by atoms with Gasteiger partial charge in [-0.25, -0.2) is 14.4 Å². The monoisotopic (exact) mass is 348 g/mol. The van der Waals surface area contributed by atoms with E-state index in [1.165, 1.54) is 6.92 Å². The number of cyclic esters (lactones) is 2. The molecule has 2 saturated heterocycles. The fraction of sp³-hybridized carbons (Fsp3) is 0.800. The average molecular weight is 348 g/mol. The Morgan fingerprint density at radius 2 is 1.42 bits per heavy atom. The van der Waals surface area contributed by atoms with E-state index in [-0.39, 0.29) is 24.3 Å². The van der Waals surface area contributed by atoms with Crippen molar-refractivity contribution < 1.29 is 34.1 Å². The molecule has 140 valence electrons. The molecular weight excluding hydrogens is 320 g/mol. The zero-order valence-electron chi connectivity index (χ0n) is 14.9. The van der Waals surface area contributed by atoms with Crippen molar-refractivity contribution in [1.82, 2.24) is 10.6 Å². The Labute approximate surface area is 141 Å². The summed E-state index contributed by atoms with van der Waals surface area (Å²) >= 11 is 0. The predicted octanol–water partition coefficient (Wildman–Crippen LogP) is 1.09. The first-order chi connectivity index (χ1) is 11.0. The lowest BCUT2D eigenvalue weighted by Crippen LogP contribution is -2.37. The van der Waals surface area contributed by atoms with Gasteiger partial charge in [-0.3, -0.25) is 0 Å². The SMILES string of the molecule is CC(C)[C@@H](C)O.C[C@@H]1OC(=O)N[C@@H]1C.C[C@@H]1OC(=O)N[C@@H]1C(=O)O. The minimum absolute atomic E-state index is 0.0301. The zero-order valence-corrected chi connectivity index (χ0v) is 14.9. The van der Waals surface area contributed by atoms with Crippen LogP contribution in [0.25, 0.3) is 0 Å². The predicted molar refractivity (Wildman–Crippen MR) is 85.6 cm³/mol. The molecule has 0 aliphatic carbocycles. The van der Waals surface area contributed by atoms with Crippen LogP contribution in [0, 0.1) is 5.92 Å². The third-order valence-corrected chi connectivity index (χ3v) is 3.61. The van der Waals surface area contributed by atoms with Crippen molar-refractivity contribution in [2.75, 3.05) is 0 Å². The van der Waals surface area contributed by atoms with Gasteiger partial charge in [-0.05, 0) is 33.6 Å². The van der Waals surface area contributed by atoms with Crippen LogP contribution in [-0.4, -0.2) is 58.8 Å². The fourth-order valence-corrected chi connectivity index (χ4v) is 1.39. The van der Waals surface area contributed by atoms with Gasteiger partial charge in [-0.15, -0.1) is 0 Å². The average Bonchev–Trinajstić information content (AvgIpc) is 2.92. The first kappa shape index (κ1) is 22.0. The third kappa shape index (κ3) is 8.00. The summed E-state index contributed by atoms with van der Waals surface area (Å²) in [4.78, 5) is 31.0. The summed E-state index contributed by atoms with van der Waals surface area (Å²) in [5.74, 6) is -0.664. The quantitative estimate of drug-likeness (QED) is 0.587. The number of hydrogen-bond acceptors (Lipinski definition) is 6. The number of amides is 2. The van der Waals surface area contributed by atoms with E-state index in [4.69, 9.17) is 14.9 Å². The topological polar surface area (TPSA) is 134 Å². The van der Waals surface area contributed by atoms with Crippen LogP contribution in [0.15, 0.2) is 0 Å². The molecule has 9 heteroatoms. The Hall–Kier alpha value is -2.03. The standard InChI is InChI=1S/C5H7NO4.C5H9NO2.C5H12O/c1-2-3(4(7)8)6-5(9)10-2;1-3-4(2)8-5(7)6-3;1-4(2)5(3)6/h2-3H,1H3,(H,6,9)(H,7,8);3-4H,1-2H3,(H,6,7);4-6H,1-3H3/t2-,3-;3-,4+;5-/m011/s1. The summed E-state index contributed by atoms with van der Waals surface area (Å²) in [5, 5.41) is 21.8. The van der Waals surface area contributed by atoms with Crippen molar-refractivity contribution in [3.63, 3.8) is 0 Å². The van der Waals surface area contributed by atoms with Crippen molar-refractivity contribution in [2.45, 2.75) is 71.9 Å². The first-order valence-electron chi connectivity index (χ1n) is 7.80. The molecule has 24 heavy (non-hydrogen) atoms. The zero-order chi connectivity index (χ0) is 19.0. The summed E-state index contributed by atoms with van der Waals surface area (Å²) in [5.41, 5.74) is 0. The summed E-state index contributed by atoms with van der Waals surface area (Å²) in [7, 11) is 0. The second-order valence-electron chi connectivity index (χ2n) is 6.10. The maximum Gasteiger partial charge on any atom is 0.408 e. The Morgan fingerprint density at radius 3 is 1.54 bits per heavy atom. The maximum atomic E-state index is 10.4. The number of aliphatic hydroxyl groups excluding tert-OH is 1. The molecule has 2 aliphatic rings. The smallest absolute Gasteiger partial charge is 0.408 e. The number of ether oxygens (including phenoxy) is 2. The molecule has 0 spiro atoms. The van der Waals surface area contributed by atoms with Crippen LogP contribution in [0.1, 0.15) is 41.5 Å². The number of hydrogen-bond donors (Lipinski definition) is 4. The van der Waals surface area contributed by atoms with Crippen molar-refractivity contribution in [2.24, 2.45) is 5.92 Å². The van der Waals surface area contributed by atoms with Gasteiger partial charge in [0.2, 0.25) is 0 Å². The van der Waals surface area contributed by atoms with Crippen molar-refractivity contribution in [3.8, 4) is 0 Å². The molecule has 0 aromatic carbocycles. The molecule has 2 fully saturated rings. The molecule has 2 amide bonds. The van der Waals surface area contributed by atoms with Crippen molar-refractivity contribution >= 4 is 18.2 Å².